The van der Waals surface area contributed by atoms with E-state index in [0.29, 0.717) is 51.5 Å². The molecule has 1 unspecified atom stereocenters. The molecule has 0 spiro atoms. The number of carbonyl (C=O) groups is 1. The molecule has 1 aromatic rings. The van der Waals surface area contributed by atoms with Crippen LogP contribution in [0.15, 0.2) is 18.2 Å². The highest BCUT2D eigenvalue weighted by Gasteiger charge is 2.24. The van der Waals surface area contributed by atoms with Crippen LogP contribution in [-0.2, 0) is 4.74 Å². The van der Waals surface area contributed by atoms with Gasteiger partial charge >= 0.3 is 0 Å². The van der Waals surface area contributed by atoms with Gasteiger partial charge in [0, 0.05) is 39.3 Å². The summed E-state index contributed by atoms with van der Waals surface area (Å²) in [6.45, 7) is 5.76. The first-order valence-electron chi connectivity index (χ1n) is 7.73. The van der Waals surface area contributed by atoms with Crippen molar-refractivity contribution in [2.75, 3.05) is 45.9 Å². The van der Waals surface area contributed by atoms with Crippen molar-refractivity contribution in [3.8, 4) is 0 Å². The number of aliphatic hydroxyl groups excluding tert-OH is 1. The number of nitrogens with zero attached hydrogens (tertiary/aromatic N) is 2. The van der Waals surface area contributed by atoms with E-state index in [0.717, 1.165) is 6.07 Å². The Bertz CT molecular complexity index is 536. The minimum absolute atomic E-state index is 0.129. The standard InChI is InChI=1S/C16H22ClFN2O3/c1-2-23-11-13(21)10-19-5-7-20(8-6-19)16(22)14-4-3-12(18)9-15(14)17/h3-4,9,13,21H,2,5-8,10-11H2,1H3. The SMILES string of the molecule is CCOCC(O)CN1CCN(C(=O)c2ccc(F)cc2Cl)CC1. The van der Waals surface area contributed by atoms with Crippen LogP contribution >= 0.6 is 11.6 Å². The number of ether oxygens (including phenoxy) is 1. The van der Waals surface area contributed by atoms with Gasteiger partial charge in [-0.05, 0) is 25.1 Å². The summed E-state index contributed by atoms with van der Waals surface area (Å²) < 4.78 is 18.3. The molecule has 1 aliphatic heterocycles. The van der Waals surface area contributed by atoms with Crippen molar-refractivity contribution in [3.05, 3.63) is 34.6 Å². The molecule has 1 N–H and O–H groups in total. The van der Waals surface area contributed by atoms with Crippen LogP contribution in [-0.4, -0.2) is 72.9 Å². The smallest absolute Gasteiger partial charge is 0.255 e. The number of hydrogen-bond acceptors (Lipinski definition) is 4. The molecule has 1 fully saturated rings. The maximum absolute atomic E-state index is 13.1. The van der Waals surface area contributed by atoms with E-state index in [1.54, 1.807) is 4.90 Å². The molecule has 7 heteroatoms. The molecule has 2 rings (SSSR count). The lowest BCUT2D eigenvalue weighted by Crippen LogP contribution is -2.50. The van der Waals surface area contributed by atoms with Crippen molar-refractivity contribution in [1.29, 1.82) is 0 Å². The minimum Gasteiger partial charge on any atom is -0.389 e. The number of aliphatic hydroxyl groups is 1. The molecule has 0 aromatic heterocycles. The number of hydrogen-bond donors (Lipinski definition) is 1. The van der Waals surface area contributed by atoms with E-state index < -0.39 is 11.9 Å². The van der Waals surface area contributed by atoms with Crippen LogP contribution in [0.1, 0.15) is 17.3 Å². The minimum atomic E-state index is -0.524. The lowest BCUT2D eigenvalue weighted by molar-refractivity contribution is 0.0111. The van der Waals surface area contributed by atoms with Crippen LogP contribution in [0.5, 0.6) is 0 Å². The second-order valence-corrected chi connectivity index (χ2v) is 5.94. The van der Waals surface area contributed by atoms with Gasteiger partial charge in [-0.25, -0.2) is 4.39 Å². The molecule has 1 atom stereocenters. The Morgan fingerprint density at radius 3 is 2.70 bits per heavy atom. The summed E-state index contributed by atoms with van der Waals surface area (Å²) in [5.41, 5.74) is 0.317. The van der Waals surface area contributed by atoms with Crippen molar-refractivity contribution in [2.24, 2.45) is 0 Å². The summed E-state index contributed by atoms with van der Waals surface area (Å²) in [5, 5.41) is 9.98. The first kappa shape index (κ1) is 18.1. The Labute approximate surface area is 140 Å². The van der Waals surface area contributed by atoms with Crippen LogP contribution < -0.4 is 0 Å². The molecule has 1 aromatic carbocycles. The number of benzene rings is 1. The monoisotopic (exact) mass is 344 g/mol. The molecule has 0 bridgehead atoms. The zero-order chi connectivity index (χ0) is 16.8. The van der Waals surface area contributed by atoms with Crippen LogP contribution in [0.3, 0.4) is 0 Å². The van der Waals surface area contributed by atoms with E-state index in [1.165, 1.54) is 12.1 Å². The fourth-order valence-electron chi connectivity index (χ4n) is 2.57. The molecular formula is C16H22ClFN2O3. The van der Waals surface area contributed by atoms with Crippen LogP contribution in [0.25, 0.3) is 0 Å². The Kier molecular flexibility index (Phi) is 6.77. The fraction of sp³-hybridized carbons (Fsp3) is 0.562. The van der Waals surface area contributed by atoms with E-state index >= 15 is 0 Å². The quantitative estimate of drug-likeness (QED) is 0.852. The van der Waals surface area contributed by atoms with Crippen molar-refractivity contribution in [2.45, 2.75) is 13.0 Å². The summed E-state index contributed by atoms with van der Waals surface area (Å²) >= 11 is 5.94. The van der Waals surface area contributed by atoms with Crippen molar-refractivity contribution in [1.82, 2.24) is 9.80 Å². The van der Waals surface area contributed by atoms with E-state index in [9.17, 15) is 14.3 Å². The molecule has 128 valence electrons. The fourth-order valence-corrected chi connectivity index (χ4v) is 2.82. The largest absolute Gasteiger partial charge is 0.389 e. The Hall–Kier alpha value is -1.21. The summed E-state index contributed by atoms with van der Waals surface area (Å²) in [6, 6.07) is 3.80. The van der Waals surface area contributed by atoms with Gasteiger partial charge in [0.1, 0.15) is 5.82 Å². The van der Waals surface area contributed by atoms with Crippen molar-refractivity contribution >= 4 is 17.5 Å². The zero-order valence-corrected chi connectivity index (χ0v) is 13.9. The van der Waals surface area contributed by atoms with Gasteiger partial charge in [0.2, 0.25) is 0 Å². The predicted octanol–water partition coefficient (Wildman–Crippen LogP) is 1.63. The number of halogens is 2. The molecule has 0 aliphatic carbocycles. The van der Waals surface area contributed by atoms with Gasteiger partial charge in [0.15, 0.2) is 0 Å². The van der Waals surface area contributed by atoms with Crippen LogP contribution in [0, 0.1) is 5.82 Å². The number of piperazine rings is 1. The molecule has 0 saturated carbocycles. The Balaban J connectivity index is 1.85. The van der Waals surface area contributed by atoms with Crippen molar-refractivity contribution in [3.63, 3.8) is 0 Å². The van der Waals surface area contributed by atoms with E-state index in [4.69, 9.17) is 16.3 Å². The first-order valence-corrected chi connectivity index (χ1v) is 8.11. The summed E-state index contributed by atoms with van der Waals surface area (Å²) in [6.07, 6.45) is -0.524. The maximum Gasteiger partial charge on any atom is 0.255 e. The normalized spacial score (nSPS) is 17.3. The molecule has 0 radical (unpaired) electrons. The van der Waals surface area contributed by atoms with Gasteiger partial charge in [-0.2, -0.15) is 0 Å². The van der Waals surface area contributed by atoms with E-state index in [1.807, 2.05) is 6.92 Å². The Morgan fingerprint density at radius 1 is 1.39 bits per heavy atom. The van der Waals surface area contributed by atoms with E-state index in [-0.39, 0.29) is 10.9 Å². The second kappa shape index (κ2) is 8.59. The van der Waals surface area contributed by atoms with Gasteiger partial charge in [-0.3, -0.25) is 9.69 Å². The van der Waals surface area contributed by atoms with Crippen LogP contribution in [0.4, 0.5) is 4.39 Å². The zero-order valence-electron chi connectivity index (χ0n) is 13.2. The number of β-amino-alcohol motifs (C(OH)–C–C–N with tert-alkyl or cyclic N) is 1. The summed E-state index contributed by atoms with van der Waals surface area (Å²) in [4.78, 5) is 16.2. The summed E-state index contributed by atoms with van der Waals surface area (Å²) in [7, 11) is 0. The maximum atomic E-state index is 13.1. The van der Waals surface area contributed by atoms with Gasteiger partial charge in [0.25, 0.3) is 5.91 Å². The number of amides is 1. The molecule has 1 amide bonds. The second-order valence-electron chi connectivity index (χ2n) is 5.53. The number of rotatable bonds is 6. The first-order chi connectivity index (χ1) is 11.0. The van der Waals surface area contributed by atoms with Gasteiger partial charge in [-0.1, -0.05) is 11.6 Å². The van der Waals surface area contributed by atoms with Gasteiger partial charge in [-0.15, -0.1) is 0 Å². The molecule has 23 heavy (non-hydrogen) atoms. The molecule has 1 aliphatic rings. The summed E-state index contributed by atoms with van der Waals surface area (Å²) in [5.74, 6) is -0.649. The van der Waals surface area contributed by atoms with E-state index in [2.05, 4.69) is 4.90 Å². The van der Waals surface area contributed by atoms with Gasteiger partial charge < -0.3 is 14.7 Å². The molecular weight excluding hydrogens is 323 g/mol. The molecule has 5 nitrogen and oxygen atoms in total. The van der Waals surface area contributed by atoms with Crippen molar-refractivity contribution < 1.29 is 19.0 Å². The third-order valence-corrected chi connectivity index (χ3v) is 4.12. The topological polar surface area (TPSA) is 53.0 Å². The average Bonchev–Trinajstić information content (AvgIpc) is 2.53. The molecule has 1 saturated heterocycles. The molecule has 1 heterocycles. The predicted molar refractivity (Wildman–Crippen MR) is 86.3 cm³/mol. The Morgan fingerprint density at radius 2 is 2.09 bits per heavy atom. The van der Waals surface area contributed by atoms with Gasteiger partial charge in [0.05, 0.1) is 23.3 Å². The third-order valence-electron chi connectivity index (χ3n) is 3.80. The number of carbonyl (C=O) groups excluding carboxylic acids is 1. The highest BCUT2D eigenvalue weighted by atomic mass is 35.5. The highest BCUT2D eigenvalue weighted by Crippen LogP contribution is 2.20. The van der Waals surface area contributed by atoms with Crippen LogP contribution in [0.2, 0.25) is 5.02 Å². The average molecular weight is 345 g/mol. The third kappa shape index (κ3) is 5.14. The lowest BCUT2D eigenvalue weighted by Gasteiger charge is -2.35. The lowest BCUT2D eigenvalue weighted by atomic mass is 10.1. The highest BCUT2D eigenvalue weighted by molar-refractivity contribution is 6.33.